The Bertz CT molecular complexity index is 1160. The zero-order valence-corrected chi connectivity index (χ0v) is 16.7. The average Bonchev–Trinajstić information content (AvgIpc) is 3.25. The van der Waals surface area contributed by atoms with Gasteiger partial charge >= 0.3 is 0 Å². The molecule has 1 aliphatic rings. The van der Waals surface area contributed by atoms with Crippen LogP contribution in [-0.4, -0.2) is 45.4 Å². The van der Waals surface area contributed by atoms with Gasteiger partial charge in [-0.3, -0.25) is 9.59 Å². The second-order valence-electron chi connectivity index (χ2n) is 7.29. The van der Waals surface area contributed by atoms with Gasteiger partial charge in [0.1, 0.15) is 11.5 Å². The Morgan fingerprint density at radius 1 is 1.17 bits per heavy atom. The number of phenols is 1. The standard InChI is InChI=1S/C23H22N2O5/c1-13(26)20-21(14-3-5-16(27)6-4-14)25(23(29)22(20)28)10-9-15-12-24-19-8-7-17(30-2)11-18(15)19/h3-8,11-12,21,24,27-28H,9-10H2,1-2H3/t21-/m1/s1. The summed E-state index contributed by atoms with van der Waals surface area (Å²) in [6.07, 6.45) is 2.41. The van der Waals surface area contributed by atoms with E-state index in [1.54, 1.807) is 19.2 Å². The summed E-state index contributed by atoms with van der Waals surface area (Å²) in [4.78, 5) is 29.7. The van der Waals surface area contributed by atoms with Gasteiger partial charge in [0.2, 0.25) is 0 Å². The molecular formula is C23H22N2O5. The van der Waals surface area contributed by atoms with Gasteiger partial charge in [0, 0.05) is 23.6 Å². The largest absolute Gasteiger partial charge is 0.508 e. The van der Waals surface area contributed by atoms with E-state index in [2.05, 4.69) is 4.98 Å². The second-order valence-corrected chi connectivity index (χ2v) is 7.29. The lowest BCUT2D eigenvalue weighted by Gasteiger charge is -2.26. The van der Waals surface area contributed by atoms with Crippen molar-refractivity contribution in [2.24, 2.45) is 0 Å². The van der Waals surface area contributed by atoms with Gasteiger partial charge in [-0.25, -0.2) is 0 Å². The van der Waals surface area contributed by atoms with Crippen molar-refractivity contribution in [2.45, 2.75) is 19.4 Å². The number of rotatable bonds is 6. The molecule has 0 unspecified atom stereocenters. The van der Waals surface area contributed by atoms with Crippen LogP contribution >= 0.6 is 0 Å². The summed E-state index contributed by atoms with van der Waals surface area (Å²) in [5.74, 6) is -0.629. The summed E-state index contributed by atoms with van der Waals surface area (Å²) >= 11 is 0. The molecule has 7 nitrogen and oxygen atoms in total. The Labute approximate surface area is 173 Å². The number of carbonyl (C=O) groups is 2. The van der Waals surface area contributed by atoms with E-state index in [1.807, 2.05) is 24.4 Å². The van der Waals surface area contributed by atoms with Gasteiger partial charge in [0.05, 0.1) is 18.7 Å². The second kappa shape index (κ2) is 7.59. The van der Waals surface area contributed by atoms with E-state index in [9.17, 15) is 19.8 Å². The number of aromatic amines is 1. The molecule has 1 atom stereocenters. The topological polar surface area (TPSA) is 103 Å². The molecule has 2 aromatic carbocycles. The van der Waals surface area contributed by atoms with Gasteiger partial charge in [-0.2, -0.15) is 0 Å². The maximum atomic E-state index is 12.8. The molecular weight excluding hydrogens is 384 g/mol. The number of ether oxygens (including phenoxy) is 1. The summed E-state index contributed by atoms with van der Waals surface area (Å²) in [6, 6.07) is 11.3. The predicted octanol–water partition coefficient (Wildman–Crippen LogP) is 3.41. The highest BCUT2D eigenvalue weighted by atomic mass is 16.5. The maximum Gasteiger partial charge on any atom is 0.290 e. The number of nitrogens with zero attached hydrogens (tertiary/aromatic N) is 1. The van der Waals surface area contributed by atoms with Crippen molar-refractivity contribution < 1.29 is 24.5 Å². The number of fused-ring (bicyclic) bond motifs is 1. The molecule has 30 heavy (non-hydrogen) atoms. The van der Waals surface area contributed by atoms with Gasteiger partial charge in [0.25, 0.3) is 5.91 Å². The fourth-order valence-electron chi connectivity index (χ4n) is 3.98. The number of nitrogens with one attached hydrogen (secondary N) is 1. The van der Waals surface area contributed by atoms with Crippen LogP contribution in [0.4, 0.5) is 0 Å². The number of methoxy groups -OCH3 is 1. The minimum Gasteiger partial charge on any atom is -0.508 e. The molecule has 0 aliphatic carbocycles. The van der Waals surface area contributed by atoms with Crippen LogP contribution in [0, 0.1) is 0 Å². The first kappa shape index (κ1) is 19.6. The average molecular weight is 406 g/mol. The summed E-state index contributed by atoms with van der Waals surface area (Å²) in [5.41, 5.74) is 2.68. The molecule has 154 valence electrons. The van der Waals surface area contributed by atoms with Crippen molar-refractivity contribution in [3.63, 3.8) is 0 Å². The molecule has 3 aromatic rings. The predicted molar refractivity (Wildman–Crippen MR) is 111 cm³/mol. The number of aromatic nitrogens is 1. The normalized spacial score (nSPS) is 16.5. The first-order chi connectivity index (χ1) is 14.4. The number of aliphatic hydroxyl groups is 1. The van der Waals surface area contributed by atoms with Gasteiger partial charge in [0.15, 0.2) is 11.5 Å². The van der Waals surface area contributed by atoms with E-state index in [1.165, 1.54) is 24.0 Å². The number of H-pyrrole nitrogens is 1. The Morgan fingerprint density at radius 3 is 2.57 bits per heavy atom. The first-order valence-electron chi connectivity index (χ1n) is 9.58. The van der Waals surface area contributed by atoms with Crippen LogP contribution in [0.3, 0.4) is 0 Å². The van der Waals surface area contributed by atoms with E-state index in [0.717, 1.165) is 22.2 Å². The number of phenolic OH excluding ortho intramolecular Hbond substituents is 1. The Morgan fingerprint density at radius 2 is 1.90 bits per heavy atom. The van der Waals surface area contributed by atoms with Crippen molar-refractivity contribution in [3.05, 3.63) is 71.1 Å². The Hall–Kier alpha value is -3.74. The van der Waals surface area contributed by atoms with Crippen LogP contribution in [0.15, 0.2) is 60.0 Å². The lowest BCUT2D eigenvalue weighted by molar-refractivity contribution is -0.129. The molecule has 1 aromatic heterocycles. The molecule has 3 N–H and O–H groups in total. The van der Waals surface area contributed by atoms with Crippen LogP contribution < -0.4 is 4.74 Å². The van der Waals surface area contributed by atoms with Crippen LogP contribution in [0.2, 0.25) is 0 Å². The Balaban J connectivity index is 1.66. The molecule has 0 bridgehead atoms. The minimum absolute atomic E-state index is 0.0753. The highest BCUT2D eigenvalue weighted by Crippen LogP contribution is 2.38. The van der Waals surface area contributed by atoms with E-state index in [-0.39, 0.29) is 17.1 Å². The third-order valence-corrected chi connectivity index (χ3v) is 5.49. The third kappa shape index (κ3) is 3.28. The molecule has 0 spiro atoms. The van der Waals surface area contributed by atoms with Crippen LogP contribution in [0.1, 0.15) is 24.1 Å². The molecule has 4 rings (SSSR count). The van der Waals surface area contributed by atoms with Crippen LogP contribution in [-0.2, 0) is 16.0 Å². The molecule has 0 fully saturated rings. The molecule has 0 saturated carbocycles. The highest BCUT2D eigenvalue weighted by Gasteiger charge is 2.42. The highest BCUT2D eigenvalue weighted by molar-refractivity contribution is 6.08. The summed E-state index contributed by atoms with van der Waals surface area (Å²) < 4.78 is 5.30. The van der Waals surface area contributed by atoms with Crippen LogP contribution in [0.5, 0.6) is 11.5 Å². The number of aromatic hydroxyl groups is 1. The SMILES string of the molecule is COc1ccc2[nH]cc(CCN3C(=O)C(O)=C(C(C)=O)[C@H]3c3ccc(O)cc3)c2c1. The van der Waals surface area contributed by atoms with Gasteiger partial charge in [-0.15, -0.1) is 0 Å². The van der Waals surface area contributed by atoms with E-state index >= 15 is 0 Å². The number of carbonyl (C=O) groups excluding carboxylic acids is 2. The monoisotopic (exact) mass is 406 g/mol. The number of aliphatic hydroxyl groups excluding tert-OH is 1. The number of benzene rings is 2. The quantitative estimate of drug-likeness (QED) is 0.582. The van der Waals surface area contributed by atoms with E-state index in [4.69, 9.17) is 4.74 Å². The fourth-order valence-corrected chi connectivity index (χ4v) is 3.98. The Kier molecular flexibility index (Phi) is 4.95. The first-order valence-corrected chi connectivity index (χ1v) is 9.58. The summed E-state index contributed by atoms with van der Waals surface area (Å²) in [6.45, 7) is 1.64. The van der Waals surface area contributed by atoms with Crippen molar-refractivity contribution in [1.29, 1.82) is 0 Å². The van der Waals surface area contributed by atoms with Gasteiger partial charge in [-0.1, -0.05) is 12.1 Å². The minimum atomic E-state index is -0.699. The lowest BCUT2D eigenvalue weighted by Crippen LogP contribution is -2.32. The third-order valence-electron chi connectivity index (χ3n) is 5.49. The molecule has 2 heterocycles. The number of ketones is 1. The zero-order chi connectivity index (χ0) is 21.4. The van der Waals surface area contributed by atoms with Gasteiger partial charge in [-0.05, 0) is 54.8 Å². The zero-order valence-electron chi connectivity index (χ0n) is 16.7. The number of hydrogen-bond acceptors (Lipinski definition) is 5. The van der Waals surface area contributed by atoms with Crippen molar-refractivity contribution >= 4 is 22.6 Å². The molecule has 1 aliphatic heterocycles. The fraction of sp³-hybridized carbons (Fsp3) is 0.217. The van der Waals surface area contributed by atoms with E-state index < -0.39 is 17.7 Å². The summed E-state index contributed by atoms with van der Waals surface area (Å²) in [7, 11) is 1.61. The van der Waals surface area contributed by atoms with Gasteiger partial charge < -0.3 is 24.8 Å². The molecule has 0 radical (unpaired) electrons. The maximum absolute atomic E-state index is 12.8. The van der Waals surface area contributed by atoms with E-state index in [0.29, 0.717) is 18.5 Å². The van der Waals surface area contributed by atoms with Crippen molar-refractivity contribution in [3.8, 4) is 11.5 Å². The van der Waals surface area contributed by atoms with Crippen LogP contribution in [0.25, 0.3) is 10.9 Å². The molecule has 0 saturated heterocycles. The van der Waals surface area contributed by atoms with Crippen molar-refractivity contribution in [2.75, 3.05) is 13.7 Å². The number of amides is 1. The van der Waals surface area contributed by atoms with Crippen molar-refractivity contribution in [1.82, 2.24) is 9.88 Å². The molecule has 1 amide bonds. The smallest absolute Gasteiger partial charge is 0.290 e. The number of Topliss-reactive ketones (excluding diaryl/α,β-unsaturated/α-hetero) is 1. The lowest BCUT2D eigenvalue weighted by atomic mass is 9.96. The number of hydrogen-bond donors (Lipinski definition) is 3. The molecule has 7 heteroatoms. The summed E-state index contributed by atoms with van der Waals surface area (Å²) in [5, 5.41) is 21.0.